The van der Waals surface area contributed by atoms with Crippen molar-refractivity contribution in [2.24, 2.45) is 0 Å². The molecule has 0 aliphatic carbocycles. The maximum absolute atomic E-state index is 11.5. The Hall–Kier alpha value is -1.90. The molecular weight excluding hydrogens is 212 g/mol. The number of carbonyl (C=O) groups is 1. The third-order valence-electron chi connectivity index (χ3n) is 2.80. The molecule has 2 aromatic heterocycles. The molecule has 0 fully saturated rings. The highest BCUT2D eigenvalue weighted by Gasteiger charge is 2.04. The maximum Gasteiger partial charge on any atom is 0.164 e. The van der Waals surface area contributed by atoms with Crippen molar-refractivity contribution in [3.05, 3.63) is 54.1 Å². The fourth-order valence-corrected chi connectivity index (χ4v) is 1.76. The van der Waals surface area contributed by atoms with Crippen LogP contribution in [0.4, 0.5) is 0 Å². The van der Waals surface area contributed by atoms with Crippen LogP contribution in [0.25, 0.3) is 0 Å². The zero-order valence-electron chi connectivity index (χ0n) is 9.97. The average Bonchev–Trinajstić information content (AvgIpc) is 2.85. The van der Waals surface area contributed by atoms with E-state index in [1.807, 2.05) is 37.5 Å². The second-order valence-corrected chi connectivity index (χ2v) is 4.02. The van der Waals surface area contributed by atoms with Crippen molar-refractivity contribution in [1.29, 1.82) is 0 Å². The van der Waals surface area contributed by atoms with Gasteiger partial charge in [-0.3, -0.25) is 9.78 Å². The van der Waals surface area contributed by atoms with Crippen LogP contribution in [0.5, 0.6) is 0 Å². The number of hydrogen-bond acceptors (Lipinski definition) is 2. The molecule has 2 aromatic rings. The van der Waals surface area contributed by atoms with E-state index in [-0.39, 0.29) is 5.78 Å². The van der Waals surface area contributed by atoms with Crippen LogP contribution in [0.3, 0.4) is 0 Å². The molecule has 0 bridgehead atoms. The van der Waals surface area contributed by atoms with Gasteiger partial charge in [0.05, 0.1) is 0 Å². The Morgan fingerprint density at radius 3 is 2.76 bits per heavy atom. The molecule has 2 heterocycles. The van der Waals surface area contributed by atoms with Gasteiger partial charge in [-0.1, -0.05) is 6.92 Å². The summed E-state index contributed by atoms with van der Waals surface area (Å²) in [7, 11) is 0. The van der Waals surface area contributed by atoms with E-state index < -0.39 is 0 Å². The van der Waals surface area contributed by atoms with Crippen LogP contribution in [-0.4, -0.2) is 15.3 Å². The fraction of sp³-hybridized carbons (Fsp3) is 0.286. The van der Waals surface area contributed by atoms with Crippen molar-refractivity contribution >= 4 is 5.78 Å². The van der Waals surface area contributed by atoms with Crippen LogP contribution < -0.4 is 0 Å². The Kier molecular flexibility index (Phi) is 3.70. The SMILES string of the molecule is CCC(=O)c1ccn(CCc2ccncc2)c1. The highest BCUT2D eigenvalue weighted by molar-refractivity contribution is 5.95. The summed E-state index contributed by atoms with van der Waals surface area (Å²) in [5.41, 5.74) is 2.07. The summed E-state index contributed by atoms with van der Waals surface area (Å²) in [6.07, 6.45) is 9.01. The molecule has 0 radical (unpaired) electrons. The summed E-state index contributed by atoms with van der Waals surface area (Å²) in [5.74, 6) is 0.202. The van der Waals surface area contributed by atoms with Crippen LogP contribution in [0.2, 0.25) is 0 Å². The number of rotatable bonds is 5. The molecule has 0 amide bonds. The average molecular weight is 228 g/mol. The molecule has 0 aliphatic rings. The Labute approximate surface area is 101 Å². The first kappa shape index (κ1) is 11.6. The highest BCUT2D eigenvalue weighted by Crippen LogP contribution is 2.06. The first-order valence-electron chi connectivity index (χ1n) is 5.87. The molecule has 0 aromatic carbocycles. The molecule has 3 nitrogen and oxygen atoms in total. The lowest BCUT2D eigenvalue weighted by molar-refractivity contribution is 0.0988. The molecule has 3 heteroatoms. The number of carbonyl (C=O) groups excluding carboxylic acids is 1. The van der Waals surface area contributed by atoms with Gasteiger partial charge in [0.15, 0.2) is 5.78 Å². The van der Waals surface area contributed by atoms with Gasteiger partial charge >= 0.3 is 0 Å². The summed E-state index contributed by atoms with van der Waals surface area (Å²) in [6, 6.07) is 5.92. The maximum atomic E-state index is 11.5. The van der Waals surface area contributed by atoms with Crippen molar-refractivity contribution in [3.8, 4) is 0 Å². The summed E-state index contributed by atoms with van der Waals surface area (Å²) >= 11 is 0. The van der Waals surface area contributed by atoms with Gasteiger partial charge in [-0.15, -0.1) is 0 Å². The number of aromatic nitrogens is 2. The van der Waals surface area contributed by atoms with Crippen molar-refractivity contribution < 1.29 is 4.79 Å². The molecule has 0 atom stereocenters. The van der Waals surface area contributed by atoms with E-state index in [4.69, 9.17) is 0 Å². The molecule has 2 rings (SSSR count). The second kappa shape index (κ2) is 5.43. The van der Waals surface area contributed by atoms with Crippen molar-refractivity contribution in [3.63, 3.8) is 0 Å². The van der Waals surface area contributed by atoms with E-state index in [2.05, 4.69) is 9.55 Å². The molecule has 0 unspecified atom stereocenters. The molecule has 0 spiro atoms. The van der Waals surface area contributed by atoms with Gasteiger partial charge in [0.2, 0.25) is 0 Å². The predicted molar refractivity (Wildman–Crippen MR) is 67.0 cm³/mol. The molecular formula is C14H16N2O. The van der Waals surface area contributed by atoms with Gasteiger partial charge in [-0.25, -0.2) is 0 Å². The van der Waals surface area contributed by atoms with Gasteiger partial charge < -0.3 is 4.57 Å². The minimum absolute atomic E-state index is 0.202. The fourth-order valence-electron chi connectivity index (χ4n) is 1.76. The molecule has 0 saturated heterocycles. The van der Waals surface area contributed by atoms with Crippen molar-refractivity contribution in [2.45, 2.75) is 26.3 Å². The Bertz CT molecular complexity index is 488. The summed E-state index contributed by atoms with van der Waals surface area (Å²) in [5, 5.41) is 0. The third kappa shape index (κ3) is 3.03. The molecule has 0 N–H and O–H groups in total. The van der Waals surface area contributed by atoms with E-state index in [1.165, 1.54) is 5.56 Å². The third-order valence-corrected chi connectivity index (χ3v) is 2.80. The van der Waals surface area contributed by atoms with Gasteiger partial charge in [0, 0.05) is 43.3 Å². The number of nitrogens with zero attached hydrogens (tertiary/aromatic N) is 2. The number of Topliss-reactive ketones (excluding diaryl/α,β-unsaturated/α-hetero) is 1. The summed E-state index contributed by atoms with van der Waals surface area (Å²) < 4.78 is 2.06. The van der Waals surface area contributed by atoms with Gasteiger partial charge in [-0.05, 0) is 30.2 Å². The lowest BCUT2D eigenvalue weighted by Gasteiger charge is -2.02. The zero-order chi connectivity index (χ0) is 12.1. The monoisotopic (exact) mass is 228 g/mol. The number of pyridine rings is 1. The van der Waals surface area contributed by atoms with Gasteiger partial charge in [-0.2, -0.15) is 0 Å². The summed E-state index contributed by atoms with van der Waals surface area (Å²) in [6.45, 7) is 2.78. The predicted octanol–water partition coefficient (Wildman–Crippen LogP) is 2.72. The highest BCUT2D eigenvalue weighted by atomic mass is 16.1. The second-order valence-electron chi connectivity index (χ2n) is 4.02. The van der Waals surface area contributed by atoms with Gasteiger partial charge in [0.25, 0.3) is 0 Å². The standard InChI is InChI=1S/C14H16N2O/c1-2-14(17)13-6-10-16(11-13)9-5-12-3-7-15-8-4-12/h3-4,6-8,10-11H,2,5,9H2,1H3. The Morgan fingerprint density at radius 2 is 2.06 bits per heavy atom. The van der Waals surface area contributed by atoms with Crippen LogP contribution >= 0.6 is 0 Å². The first-order valence-corrected chi connectivity index (χ1v) is 5.87. The normalized spacial score (nSPS) is 10.4. The van der Waals surface area contributed by atoms with Crippen molar-refractivity contribution in [1.82, 2.24) is 9.55 Å². The van der Waals surface area contributed by atoms with Crippen LogP contribution in [0, 0.1) is 0 Å². The topological polar surface area (TPSA) is 34.9 Å². The molecule has 0 aliphatic heterocycles. The Balaban J connectivity index is 1.96. The van der Waals surface area contributed by atoms with E-state index in [1.54, 1.807) is 12.4 Å². The van der Waals surface area contributed by atoms with E-state index in [0.717, 1.165) is 18.5 Å². The molecule has 88 valence electrons. The van der Waals surface area contributed by atoms with E-state index >= 15 is 0 Å². The lowest BCUT2D eigenvalue weighted by atomic mass is 10.2. The first-order chi connectivity index (χ1) is 8.29. The largest absolute Gasteiger partial charge is 0.353 e. The number of aryl methyl sites for hydroxylation is 2. The summed E-state index contributed by atoms with van der Waals surface area (Å²) in [4.78, 5) is 15.5. The van der Waals surface area contributed by atoms with E-state index in [0.29, 0.717) is 6.42 Å². The van der Waals surface area contributed by atoms with Crippen molar-refractivity contribution in [2.75, 3.05) is 0 Å². The van der Waals surface area contributed by atoms with Gasteiger partial charge in [0.1, 0.15) is 0 Å². The lowest BCUT2D eigenvalue weighted by Crippen LogP contribution is -1.99. The minimum atomic E-state index is 0.202. The zero-order valence-corrected chi connectivity index (χ0v) is 9.97. The quantitative estimate of drug-likeness (QED) is 0.737. The van der Waals surface area contributed by atoms with Crippen LogP contribution in [0.1, 0.15) is 29.3 Å². The van der Waals surface area contributed by atoms with E-state index in [9.17, 15) is 4.79 Å². The molecule has 0 saturated carbocycles. The number of ketones is 1. The van der Waals surface area contributed by atoms with Crippen LogP contribution in [0.15, 0.2) is 43.0 Å². The van der Waals surface area contributed by atoms with Crippen LogP contribution in [-0.2, 0) is 13.0 Å². The Morgan fingerprint density at radius 1 is 1.29 bits per heavy atom. The smallest absolute Gasteiger partial charge is 0.164 e. The number of hydrogen-bond donors (Lipinski definition) is 0. The molecule has 17 heavy (non-hydrogen) atoms. The minimum Gasteiger partial charge on any atom is -0.353 e.